The molecule has 1 aromatic rings. The lowest BCUT2D eigenvalue weighted by Crippen LogP contribution is -2.00. The molecule has 1 aromatic carbocycles. The van der Waals surface area contributed by atoms with Gasteiger partial charge in [0.25, 0.3) is 10.1 Å². The van der Waals surface area contributed by atoms with Crippen molar-refractivity contribution in [3.8, 4) is 0 Å². The third kappa shape index (κ3) is 5.62. The van der Waals surface area contributed by atoms with Crippen LogP contribution < -0.4 is 0 Å². The first-order chi connectivity index (χ1) is 8.54. The summed E-state index contributed by atoms with van der Waals surface area (Å²) in [6.45, 7) is 3.65. The molecule has 0 unspecified atom stereocenters. The van der Waals surface area contributed by atoms with E-state index in [0.717, 1.165) is 44.5 Å². The molecule has 4 nitrogen and oxygen atoms in total. The Labute approximate surface area is 109 Å². The fraction of sp³-hybridized carbons (Fsp3) is 0.538. The van der Waals surface area contributed by atoms with Gasteiger partial charge in [-0.15, -0.1) is 0 Å². The maximum Gasteiger partial charge on any atom is 0.294 e. The van der Waals surface area contributed by atoms with Crippen LogP contribution in [-0.2, 0) is 21.3 Å². The van der Waals surface area contributed by atoms with Crippen molar-refractivity contribution in [1.82, 2.24) is 0 Å². The quantitative estimate of drug-likeness (QED) is 0.584. The van der Waals surface area contributed by atoms with Crippen molar-refractivity contribution in [2.45, 2.75) is 37.5 Å². The van der Waals surface area contributed by atoms with Gasteiger partial charge >= 0.3 is 0 Å². The van der Waals surface area contributed by atoms with Crippen LogP contribution in [0.5, 0.6) is 0 Å². The van der Waals surface area contributed by atoms with Crippen LogP contribution in [0.1, 0.15) is 31.7 Å². The van der Waals surface area contributed by atoms with Crippen molar-refractivity contribution in [1.29, 1.82) is 0 Å². The molecule has 0 spiro atoms. The smallest absolute Gasteiger partial charge is 0.294 e. The summed E-state index contributed by atoms with van der Waals surface area (Å²) in [4.78, 5) is -0.0644. The van der Waals surface area contributed by atoms with Gasteiger partial charge in [-0.3, -0.25) is 4.55 Å². The number of unbranched alkanes of at least 4 members (excludes halogenated alkanes) is 1. The van der Waals surface area contributed by atoms with Gasteiger partial charge in [-0.1, -0.05) is 25.5 Å². The Morgan fingerprint density at radius 3 is 2.28 bits per heavy atom. The van der Waals surface area contributed by atoms with Gasteiger partial charge in [0, 0.05) is 13.2 Å². The Morgan fingerprint density at radius 2 is 1.72 bits per heavy atom. The van der Waals surface area contributed by atoms with Crippen LogP contribution in [0.3, 0.4) is 0 Å². The number of rotatable bonds is 8. The average Bonchev–Trinajstić information content (AvgIpc) is 2.33. The van der Waals surface area contributed by atoms with E-state index in [0.29, 0.717) is 0 Å². The maximum atomic E-state index is 10.8. The zero-order valence-electron chi connectivity index (χ0n) is 10.6. The van der Waals surface area contributed by atoms with Crippen LogP contribution >= 0.6 is 0 Å². The van der Waals surface area contributed by atoms with E-state index in [1.807, 2.05) is 0 Å². The lowest BCUT2D eigenvalue weighted by atomic mass is 10.1. The van der Waals surface area contributed by atoms with Crippen molar-refractivity contribution < 1.29 is 17.7 Å². The largest absolute Gasteiger partial charge is 0.381 e. The Balaban J connectivity index is 2.32. The van der Waals surface area contributed by atoms with Crippen molar-refractivity contribution in [2.24, 2.45) is 0 Å². The lowest BCUT2D eigenvalue weighted by molar-refractivity contribution is 0.129. The molecule has 0 saturated carbocycles. The van der Waals surface area contributed by atoms with E-state index in [9.17, 15) is 8.42 Å². The number of aryl methyl sites for hydroxylation is 1. The van der Waals surface area contributed by atoms with E-state index < -0.39 is 10.1 Å². The lowest BCUT2D eigenvalue weighted by Gasteiger charge is -2.04. The van der Waals surface area contributed by atoms with Gasteiger partial charge in [-0.05, 0) is 37.0 Å². The second-order valence-corrected chi connectivity index (χ2v) is 5.61. The minimum atomic E-state index is -4.08. The second kappa shape index (κ2) is 7.51. The highest BCUT2D eigenvalue weighted by Gasteiger charge is 2.07. The third-order valence-corrected chi connectivity index (χ3v) is 3.49. The predicted molar refractivity (Wildman–Crippen MR) is 70.3 cm³/mol. The molecule has 102 valence electrons. The van der Waals surface area contributed by atoms with Crippen LogP contribution in [0.4, 0.5) is 0 Å². The molecule has 0 radical (unpaired) electrons. The van der Waals surface area contributed by atoms with Crippen LogP contribution in [0, 0.1) is 0 Å². The summed E-state index contributed by atoms with van der Waals surface area (Å²) in [6, 6.07) is 6.27. The summed E-state index contributed by atoms with van der Waals surface area (Å²) in [5.74, 6) is 0. The van der Waals surface area contributed by atoms with Crippen molar-refractivity contribution in [2.75, 3.05) is 13.2 Å². The van der Waals surface area contributed by atoms with Gasteiger partial charge in [0.1, 0.15) is 0 Å². The molecule has 0 amide bonds. The van der Waals surface area contributed by atoms with Gasteiger partial charge in [0.2, 0.25) is 0 Å². The van der Waals surface area contributed by atoms with Crippen LogP contribution in [-0.4, -0.2) is 26.2 Å². The second-order valence-electron chi connectivity index (χ2n) is 4.19. The minimum absolute atomic E-state index is 0.0644. The van der Waals surface area contributed by atoms with Gasteiger partial charge in [-0.25, -0.2) is 0 Å². The standard InChI is InChI=1S/C13H20O4S/c1-2-3-10-17-11-4-5-12-6-8-13(9-7-12)18(14,15)16/h6-9H,2-5,10-11H2,1H3,(H,14,15,16). The summed E-state index contributed by atoms with van der Waals surface area (Å²) in [5, 5.41) is 0. The number of hydrogen-bond acceptors (Lipinski definition) is 3. The predicted octanol–water partition coefficient (Wildman–Crippen LogP) is 2.68. The van der Waals surface area contributed by atoms with Crippen molar-refractivity contribution in [3.05, 3.63) is 29.8 Å². The van der Waals surface area contributed by atoms with Gasteiger partial charge in [0.05, 0.1) is 4.90 Å². The molecule has 5 heteroatoms. The molecule has 0 aliphatic carbocycles. The molecule has 1 N–H and O–H groups in total. The number of benzene rings is 1. The van der Waals surface area contributed by atoms with E-state index in [1.165, 1.54) is 12.1 Å². The molecule has 0 aliphatic heterocycles. The Kier molecular flexibility index (Phi) is 6.32. The first-order valence-corrected chi connectivity index (χ1v) is 7.62. The summed E-state index contributed by atoms with van der Waals surface area (Å²) in [7, 11) is -4.08. The maximum absolute atomic E-state index is 10.8. The molecule has 0 bridgehead atoms. The topological polar surface area (TPSA) is 63.6 Å². The number of ether oxygens (including phenoxy) is 1. The van der Waals surface area contributed by atoms with Crippen LogP contribution in [0.2, 0.25) is 0 Å². The molecule has 0 aliphatic rings. The summed E-state index contributed by atoms with van der Waals surface area (Å²) in [5.41, 5.74) is 1.04. The summed E-state index contributed by atoms with van der Waals surface area (Å²) in [6.07, 6.45) is 3.98. The van der Waals surface area contributed by atoms with E-state index in [2.05, 4.69) is 6.92 Å². The normalized spacial score (nSPS) is 11.7. The highest BCUT2D eigenvalue weighted by Crippen LogP contribution is 2.11. The number of hydrogen-bond donors (Lipinski definition) is 1. The molecule has 0 fully saturated rings. The fourth-order valence-corrected chi connectivity index (χ4v) is 2.03. The zero-order valence-corrected chi connectivity index (χ0v) is 11.4. The highest BCUT2D eigenvalue weighted by molar-refractivity contribution is 7.85. The monoisotopic (exact) mass is 272 g/mol. The van der Waals surface area contributed by atoms with Crippen molar-refractivity contribution in [3.63, 3.8) is 0 Å². The van der Waals surface area contributed by atoms with Gasteiger partial charge in [-0.2, -0.15) is 8.42 Å². The molecule has 0 heterocycles. The van der Waals surface area contributed by atoms with E-state index >= 15 is 0 Å². The zero-order chi connectivity index (χ0) is 13.4. The molecule has 0 aromatic heterocycles. The first kappa shape index (κ1) is 15.1. The van der Waals surface area contributed by atoms with E-state index in [1.54, 1.807) is 12.1 Å². The highest BCUT2D eigenvalue weighted by atomic mass is 32.2. The Morgan fingerprint density at radius 1 is 1.11 bits per heavy atom. The Hall–Kier alpha value is -0.910. The first-order valence-electron chi connectivity index (χ1n) is 6.18. The van der Waals surface area contributed by atoms with E-state index in [4.69, 9.17) is 9.29 Å². The average molecular weight is 272 g/mol. The molecular formula is C13H20O4S. The summed E-state index contributed by atoms with van der Waals surface area (Å²) >= 11 is 0. The SMILES string of the molecule is CCCCOCCCc1ccc(S(=O)(=O)O)cc1. The molecule has 18 heavy (non-hydrogen) atoms. The van der Waals surface area contributed by atoms with E-state index in [-0.39, 0.29) is 4.90 Å². The molecule has 0 atom stereocenters. The van der Waals surface area contributed by atoms with Crippen LogP contribution in [0.25, 0.3) is 0 Å². The van der Waals surface area contributed by atoms with Crippen LogP contribution in [0.15, 0.2) is 29.2 Å². The third-order valence-electron chi connectivity index (χ3n) is 2.62. The summed E-state index contributed by atoms with van der Waals surface area (Å²) < 4.78 is 35.9. The van der Waals surface area contributed by atoms with Crippen molar-refractivity contribution >= 4 is 10.1 Å². The van der Waals surface area contributed by atoms with Gasteiger partial charge < -0.3 is 4.74 Å². The van der Waals surface area contributed by atoms with Gasteiger partial charge in [0.15, 0.2) is 0 Å². The minimum Gasteiger partial charge on any atom is -0.381 e. The molecule has 1 rings (SSSR count). The molecule has 0 saturated heterocycles. The fourth-order valence-electron chi connectivity index (χ4n) is 1.55. The molecular weight excluding hydrogens is 252 g/mol. The Bertz CT molecular complexity index is 437.